The number of carbonyl (C=O) groups excluding carboxylic acids is 1. The molecule has 128 valence electrons. The van der Waals surface area contributed by atoms with Crippen molar-refractivity contribution in [1.82, 2.24) is 0 Å². The maximum Gasteiger partial charge on any atom is 0.159 e. The molecule has 0 aromatic heterocycles. The van der Waals surface area contributed by atoms with Crippen LogP contribution in [0, 0.1) is 0 Å². The van der Waals surface area contributed by atoms with Gasteiger partial charge in [-0.2, -0.15) is 0 Å². The molecule has 0 saturated heterocycles. The summed E-state index contributed by atoms with van der Waals surface area (Å²) in [6, 6.07) is 21.3. The Balaban J connectivity index is 1.53. The topological polar surface area (TPSA) is 26.3 Å². The van der Waals surface area contributed by atoms with E-state index in [4.69, 9.17) is 16.3 Å². The zero-order valence-electron chi connectivity index (χ0n) is 14.3. The Morgan fingerprint density at radius 3 is 2.23 bits per heavy atom. The predicted molar refractivity (Wildman–Crippen MR) is 106 cm³/mol. The molecule has 0 fully saturated rings. The van der Waals surface area contributed by atoms with Gasteiger partial charge in [0.15, 0.2) is 5.78 Å². The summed E-state index contributed by atoms with van der Waals surface area (Å²) in [5, 5.41) is 0.688. The summed E-state index contributed by atoms with van der Waals surface area (Å²) in [5.74, 6) is 1.63. The third-order valence-electron chi connectivity index (χ3n) is 4.54. The van der Waals surface area contributed by atoms with Gasteiger partial charge in [0, 0.05) is 10.6 Å². The lowest BCUT2D eigenvalue weighted by Gasteiger charge is -2.07. The number of halogens is 1. The Labute approximate surface area is 157 Å². The fraction of sp³-hybridized carbons (Fsp3) is 0.0870. The number of carbonyl (C=O) groups is 1. The molecule has 0 bridgehead atoms. The lowest BCUT2D eigenvalue weighted by molar-refractivity contribution is 0.101. The molecule has 0 N–H and O–H groups in total. The highest BCUT2D eigenvalue weighted by molar-refractivity contribution is 6.30. The Bertz CT molecular complexity index is 999. The van der Waals surface area contributed by atoms with Crippen LogP contribution in [0.4, 0.5) is 0 Å². The molecular weight excluding hydrogens is 344 g/mol. The van der Waals surface area contributed by atoms with Crippen LogP contribution < -0.4 is 4.74 Å². The van der Waals surface area contributed by atoms with Gasteiger partial charge in [0.25, 0.3) is 0 Å². The van der Waals surface area contributed by atoms with Gasteiger partial charge in [-0.25, -0.2) is 0 Å². The Kier molecular flexibility index (Phi) is 4.36. The van der Waals surface area contributed by atoms with E-state index in [9.17, 15) is 4.79 Å². The first-order valence-corrected chi connectivity index (χ1v) is 8.84. The van der Waals surface area contributed by atoms with Gasteiger partial charge in [0.2, 0.25) is 0 Å². The van der Waals surface area contributed by atoms with Gasteiger partial charge in [-0.15, -0.1) is 0 Å². The van der Waals surface area contributed by atoms with Gasteiger partial charge in [0.05, 0.1) is 0 Å². The number of Topliss-reactive ketones (excluding diaryl/α,β-unsaturated/α-hetero) is 1. The van der Waals surface area contributed by atoms with Crippen LogP contribution in [0.5, 0.6) is 11.5 Å². The highest BCUT2D eigenvalue weighted by Gasteiger charge is 2.15. The number of fused-ring (bicyclic) bond motifs is 1. The van der Waals surface area contributed by atoms with Gasteiger partial charge in [-0.1, -0.05) is 41.9 Å². The molecule has 3 aromatic carbocycles. The molecule has 3 aromatic rings. The minimum atomic E-state index is 0.0957. The third kappa shape index (κ3) is 3.42. The molecule has 3 heteroatoms. The summed E-state index contributed by atoms with van der Waals surface area (Å²) in [7, 11) is 0. The highest BCUT2D eigenvalue weighted by atomic mass is 35.5. The minimum absolute atomic E-state index is 0.0957. The first-order chi connectivity index (χ1) is 12.6. The van der Waals surface area contributed by atoms with Gasteiger partial charge in [-0.05, 0) is 78.1 Å². The Morgan fingerprint density at radius 2 is 1.58 bits per heavy atom. The van der Waals surface area contributed by atoms with Crippen LogP contribution in [0.25, 0.3) is 11.6 Å². The number of ether oxygens (including phenoxy) is 1. The second-order valence-corrected chi connectivity index (χ2v) is 6.83. The maximum atomic E-state index is 11.6. The Morgan fingerprint density at radius 1 is 0.923 bits per heavy atom. The van der Waals surface area contributed by atoms with Crippen molar-refractivity contribution in [3.63, 3.8) is 0 Å². The van der Waals surface area contributed by atoms with Crippen LogP contribution in [0.1, 0.15) is 34.0 Å². The number of rotatable bonds is 4. The quantitative estimate of drug-likeness (QED) is 0.501. The number of ketones is 1. The molecule has 0 atom stereocenters. The SMILES string of the molecule is CC(=O)c1ccc2c(c1)C=C(c1ccc(Oc3ccc(Cl)cc3)cc1)C2. The molecule has 4 rings (SSSR count). The van der Waals surface area contributed by atoms with E-state index in [2.05, 4.69) is 18.2 Å². The lowest BCUT2D eigenvalue weighted by atomic mass is 10.0. The van der Waals surface area contributed by atoms with Crippen LogP contribution in [-0.4, -0.2) is 5.78 Å². The van der Waals surface area contributed by atoms with Gasteiger partial charge < -0.3 is 4.74 Å². The molecule has 0 aliphatic heterocycles. The van der Waals surface area contributed by atoms with E-state index in [1.807, 2.05) is 42.5 Å². The molecule has 2 nitrogen and oxygen atoms in total. The lowest BCUT2D eigenvalue weighted by Crippen LogP contribution is -1.93. The summed E-state index contributed by atoms with van der Waals surface area (Å²) >= 11 is 5.89. The van der Waals surface area contributed by atoms with E-state index in [-0.39, 0.29) is 5.78 Å². The van der Waals surface area contributed by atoms with Crippen LogP contribution in [0.2, 0.25) is 5.02 Å². The normalized spacial score (nSPS) is 12.5. The molecule has 0 spiro atoms. The first kappa shape index (κ1) is 16.6. The maximum absolute atomic E-state index is 11.6. The Hall–Kier alpha value is -2.84. The van der Waals surface area contributed by atoms with E-state index in [0.717, 1.165) is 34.6 Å². The van der Waals surface area contributed by atoms with Gasteiger partial charge in [0.1, 0.15) is 11.5 Å². The number of benzene rings is 3. The van der Waals surface area contributed by atoms with E-state index in [0.29, 0.717) is 5.02 Å². The molecule has 0 radical (unpaired) electrons. The molecule has 0 unspecified atom stereocenters. The second kappa shape index (κ2) is 6.81. The average Bonchev–Trinajstić information content (AvgIpc) is 3.07. The van der Waals surface area contributed by atoms with Crippen LogP contribution in [-0.2, 0) is 6.42 Å². The molecule has 26 heavy (non-hydrogen) atoms. The van der Waals surface area contributed by atoms with Crippen molar-refractivity contribution in [3.05, 3.63) is 94.0 Å². The van der Waals surface area contributed by atoms with Crippen molar-refractivity contribution < 1.29 is 9.53 Å². The zero-order chi connectivity index (χ0) is 18.1. The van der Waals surface area contributed by atoms with Gasteiger partial charge in [-0.3, -0.25) is 4.79 Å². The summed E-state index contributed by atoms with van der Waals surface area (Å²) in [4.78, 5) is 11.6. The van der Waals surface area contributed by atoms with E-state index >= 15 is 0 Å². The van der Waals surface area contributed by atoms with Crippen molar-refractivity contribution in [3.8, 4) is 11.5 Å². The van der Waals surface area contributed by atoms with Crippen LogP contribution in [0.15, 0.2) is 66.7 Å². The van der Waals surface area contributed by atoms with Crippen LogP contribution in [0.3, 0.4) is 0 Å². The number of allylic oxidation sites excluding steroid dienone is 1. The molecule has 0 amide bonds. The van der Waals surface area contributed by atoms with E-state index < -0.39 is 0 Å². The summed E-state index contributed by atoms with van der Waals surface area (Å²) < 4.78 is 5.84. The monoisotopic (exact) mass is 360 g/mol. The smallest absolute Gasteiger partial charge is 0.159 e. The molecular formula is C23H17ClO2. The van der Waals surface area contributed by atoms with Crippen LogP contribution >= 0.6 is 11.6 Å². The largest absolute Gasteiger partial charge is 0.457 e. The third-order valence-corrected chi connectivity index (χ3v) is 4.79. The zero-order valence-corrected chi connectivity index (χ0v) is 15.1. The molecule has 0 heterocycles. The standard InChI is InChI=1S/C23H17ClO2/c1-15(25)17-2-3-18-13-19(14-20(18)12-17)16-4-8-22(9-5-16)26-23-10-6-21(24)7-11-23/h2-12,14H,13H2,1H3. The summed E-state index contributed by atoms with van der Waals surface area (Å²) in [6.45, 7) is 1.60. The molecule has 0 saturated carbocycles. The van der Waals surface area contributed by atoms with E-state index in [1.54, 1.807) is 19.1 Å². The molecule has 1 aliphatic rings. The molecule has 1 aliphatic carbocycles. The first-order valence-electron chi connectivity index (χ1n) is 8.47. The average molecular weight is 361 g/mol. The highest BCUT2D eigenvalue weighted by Crippen LogP contribution is 2.33. The van der Waals surface area contributed by atoms with Crippen molar-refractivity contribution in [2.75, 3.05) is 0 Å². The van der Waals surface area contributed by atoms with Crippen molar-refractivity contribution in [2.24, 2.45) is 0 Å². The second-order valence-electron chi connectivity index (χ2n) is 6.40. The minimum Gasteiger partial charge on any atom is -0.457 e. The summed E-state index contributed by atoms with van der Waals surface area (Å²) in [5.41, 5.74) is 5.56. The van der Waals surface area contributed by atoms with Gasteiger partial charge >= 0.3 is 0 Å². The van der Waals surface area contributed by atoms with E-state index in [1.165, 1.54) is 11.1 Å². The fourth-order valence-corrected chi connectivity index (χ4v) is 3.24. The van der Waals surface area contributed by atoms with Crippen molar-refractivity contribution in [1.29, 1.82) is 0 Å². The van der Waals surface area contributed by atoms with Crippen molar-refractivity contribution in [2.45, 2.75) is 13.3 Å². The fourth-order valence-electron chi connectivity index (χ4n) is 3.11. The summed E-state index contributed by atoms with van der Waals surface area (Å²) in [6.07, 6.45) is 3.04. The number of hydrogen-bond acceptors (Lipinski definition) is 2. The predicted octanol–water partition coefficient (Wildman–Crippen LogP) is 6.43. The van der Waals surface area contributed by atoms with Crippen molar-refractivity contribution >= 4 is 29.0 Å². The number of hydrogen-bond donors (Lipinski definition) is 0.